The summed E-state index contributed by atoms with van der Waals surface area (Å²) >= 11 is 0. The highest BCUT2D eigenvalue weighted by Crippen LogP contribution is 2.36. The predicted molar refractivity (Wildman–Crippen MR) is 62.2 cm³/mol. The molecule has 3 atom stereocenters. The van der Waals surface area contributed by atoms with Crippen LogP contribution in [-0.4, -0.2) is 41.1 Å². The molecule has 4 heteroatoms. The van der Waals surface area contributed by atoms with E-state index in [9.17, 15) is 4.79 Å². The maximum atomic E-state index is 10.7. The summed E-state index contributed by atoms with van der Waals surface area (Å²) in [5.74, 6) is -0.00483. The van der Waals surface area contributed by atoms with Gasteiger partial charge in [-0.3, -0.25) is 4.79 Å². The van der Waals surface area contributed by atoms with Crippen LogP contribution in [0.3, 0.4) is 0 Å². The quantitative estimate of drug-likeness (QED) is 0.752. The SMILES string of the molecule is NC(CCN1CCCC2CCCC21)C(=O)O. The second-order valence-electron chi connectivity index (χ2n) is 5.17. The van der Waals surface area contributed by atoms with Gasteiger partial charge >= 0.3 is 5.97 Å². The Hall–Kier alpha value is -0.610. The van der Waals surface area contributed by atoms with E-state index in [1.807, 2.05) is 0 Å². The van der Waals surface area contributed by atoms with Crippen molar-refractivity contribution in [3.05, 3.63) is 0 Å². The summed E-state index contributed by atoms with van der Waals surface area (Å²) in [5.41, 5.74) is 5.54. The summed E-state index contributed by atoms with van der Waals surface area (Å²) in [6.07, 6.45) is 7.23. The minimum Gasteiger partial charge on any atom is -0.480 e. The van der Waals surface area contributed by atoms with Gasteiger partial charge in [0.1, 0.15) is 6.04 Å². The van der Waals surface area contributed by atoms with Crippen LogP contribution in [-0.2, 0) is 4.79 Å². The zero-order valence-electron chi connectivity index (χ0n) is 9.77. The van der Waals surface area contributed by atoms with Gasteiger partial charge in [0, 0.05) is 12.6 Å². The molecule has 2 aliphatic rings. The second-order valence-corrected chi connectivity index (χ2v) is 5.17. The number of carbonyl (C=O) groups is 1. The van der Waals surface area contributed by atoms with Crippen molar-refractivity contribution in [3.63, 3.8) is 0 Å². The lowest BCUT2D eigenvalue weighted by atomic mass is 9.91. The largest absolute Gasteiger partial charge is 0.480 e. The van der Waals surface area contributed by atoms with Gasteiger partial charge in [-0.1, -0.05) is 6.42 Å². The number of hydrogen-bond acceptors (Lipinski definition) is 3. The summed E-state index contributed by atoms with van der Waals surface area (Å²) < 4.78 is 0. The number of aliphatic carboxylic acids is 1. The number of hydrogen-bond donors (Lipinski definition) is 2. The van der Waals surface area contributed by atoms with Crippen LogP contribution in [0.4, 0.5) is 0 Å². The molecule has 2 fully saturated rings. The zero-order valence-corrected chi connectivity index (χ0v) is 9.77. The number of carboxylic acid groups (broad SMARTS) is 1. The molecule has 92 valence electrons. The molecule has 4 nitrogen and oxygen atoms in total. The van der Waals surface area contributed by atoms with Gasteiger partial charge in [-0.15, -0.1) is 0 Å². The molecular weight excluding hydrogens is 204 g/mol. The number of nitrogens with two attached hydrogens (primary N) is 1. The Bertz CT molecular complexity index is 257. The minimum absolute atomic E-state index is 0.582. The van der Waals surface area contributed by atoms with Crippen molar-refractivity contribution in [3.8, 4) is 0 Å². The third-order valence-corrected chi connectivity index (χ3v) is 4.15. The van der Waals surface area contributed by atoms with Crippen molar-refractivity contribution in [2.75, 3.05) is 13.1 Å². The van der Waals surface area contributed by atoms with E-state index in [2.05, 4.69) is 4.90 Å². The highest BCUT2D eigenvalue weighted by molar-refractivity contribution is 5.72. The number of rotatable bonds is 4. The molecule has 1 aliphatic heterocycles. The highest BCUT2D eigenvalue weighted by atomic mass is 16.4. The lowest BCUT2D eigenvalue weighted by Crippen LogP contribution is -2.45. The van der Waals surface area contributed by atoms with Gasteiger partial charge in [0.2, 0.25) is 0 Å². The van der Waals surface area contributed by atoms with Crippen molar-refractivity contribution in [1.82, 2.24) is 4.90 Å². The molecular formula is C12H22N2O2. The maximum absolute atomic E-state index is 10.7. The smallest absolute Gasteiger partial charge is 0.320 e. The number of fused-ring (bicyclic) bond motifs is 1. The van der Waals surface area contributed by atoms with Crippen LogP contribution in [0.15, 0.2) is 0 Å². The number of carboxylic acids is 1. The fourth-order valence-corrected chi connectivity index (χ4v) is 3.26. The van der Waals surface area contributed by atoms with Gasteiger partial charge in [-0.25, -0.2) is 0 Å². The molecule has 2 rings (SSSR count). The molecule has 0 aromatic carbocycles. The molecule has 0 spiro atoms. The monoisotopic (exact) mass is 226 g/mol. The van der Waals surface area contributed by atoms with Gasteiger partial charge in [0.05, 0.1) is 0 Å². The molecule has 1 saturated carbocycles. The standard InChI is InChI=1S/C12H22N2O2/c13-10(12(15)16)6-8-14-7-2-4-9-3-1-5-11(9)14/h9-11H,1-8,13H2,(H,15,16). The van der Waals surface area contributed by atoms with E-state index in [-0.39, 0.29) is 0 Å². The molecule has 0 aromatic heterocycles. The molecule has 0 radical (unpaired) electrons. The highest BCUT2D eigenvalue weighted by Gasteiger charge is 2.34. The third kappa shape index (κ3) is 2.55. The Labute approximate surface area is 96.8 Å². The summed E-state index contributed by atoms with van der Waals surface area (Å²) in [4.78, 5) is 13.1. The van der Waals surface area contributed by atoms with Gasteiger partial charge in [0.25, 0.3) is 0 Å². The van der Waals surface area contributed by atoms with Gasteiger partial charge in [-0.2, -0.15) is 0 Å². The van der Waals surface area contributed by atoms with E-state index < -0.39 is 12.0 Å². The van der Waals surface area contributed by atoms with E-state index in [1.54, 1.807) is 0 Å². The lowest BCUT2D eigenvalue weighted by molar-refractivity contribution is -0.138. The molecule has 16 heavy (non-hydrogen) atoms. The zero-order chi connectivity index (χ0) is 11.5. The summed E-state index contributed by atoms with van der Waals surface area (Å²) in [6.45, 7) is 1.99. The topological polar surface area (TPSA) is 66.6 Å². The first-order chi connectivity index (χ1) is 7.68. The maximum Gasteiger partial charge on any atom is 0.320 e. The fourth-order valence-electron chi connectivity index (χ4n) is 3.26. The Kier molecular flexibility index (Phi) is 3.82. The molecule has 3 N–H and O–H groups in total. The van der Waals surface area contributed by atoms with Crippen molar-refractivity contribution < 1.29 is 9.90 Å². The van der Waals surface area contributed by atoms with Gasteiger partial charge in [-0.05, 0) is 44.6 Å². The predicted octanol–water partition coefficient (Wildman–Crippen LogP) is 1.05. The van der Waals surface area contributed by atoms with Crippen LogP contribution in [0.1, 0.15) is 38.5 Å². The van der Waals surface area contributed by atoms with E-state index in [0.29, 0.717) is 6.42 Å². The Morgan fingerprint density at radius 2 is 2.12 bits per heavy atom. The van der Waals surface area contributed by atoms with Crippen LogP contribution in [0.25, 0.3) is 0 Å². The molecule has 0 aromatic rings. The molecule has 0 amide bonds. The van der Waals surface area contributed by atoms with Crippen LogP contribution in [0.2, 0.25) is 0 Å². The first-order valence-electron chi connectivity index (χ1n) is 6.41. The fraction of sp³-hybridized carbons (Fsp3) is 0.917. The van der Waals surface area contributed by atoms with Gasteiger partial charge < -0.3 is 15.7 Å². The van der Waals surface area contributed by atoms with Crippen molar-refractivity contribution >= 4 is 5.97 Å². The van der Waals surface area contributed by atoms with Crippen molar-refractivity contribution in [2.24, 2.45) is 11.7 Å². The summed E-state index contributed by atoms with van der Waals surface area (Å²) in [5, 5.41) is 8.76. The van der Waals surface area contributed by atoms with Crippen molar-refractivity contribution in [1.29, 1.82) is 0 Å². The number of nitrogens with zero attached hydrogens (tertiary/aromatic N) is 1. The summed E-state index contributed by atoms with van der Waals surface area (Å²) in [6, 6.07) is 0.0246. The third-order valence-electron chi connectivity index (χ3n) is 4.15. The Morgan fingerprint density at radius 3 is 2.88 bits per heavy atom. The van der Waals surface area contributed by atoms with Crippen LogP contribution < -0.4 is 5.73 Å². The molecule has 0 bridgehead atoms. The summed E-state index contributed by atoms with van der Waals surface area (Å²) in [7, 11) is 0. The normalized spacial score (nSPS) is 32.3. The Morgan fingerprint density at radius 1 is 1.38 bits per heavy atom. The first-order valence-corrected chi connectivity index (χ1v) is 6.41. The van der Waals surface area contributed by atoms with Crippen molar-refractivity contribution in [2.45, 2.75) is 50.6 Å². The molecule has 3 unspecified atom stereocenters. The first kappa shape index (κ1) is 11.9. The number of piperidine rings is 1. The van der Waals surface area contributed by atoms with E-state index in [4.69, 9.17) is 10.8 Å². The average molecular weight is 226 g/mol. The molecule has 1 aliphatic carbocycles. The van der Waals surface area contributed by atoms with E-state index in [1.165, 1.54) is 32.1 Å². The van der Waals surface area contributed by atoms with Crippen LogP contribution in [0.5, 0.6) is 0 Å². The number of likely N-dealkylation sites (tertiary alicyclic amines) is 1. The van der Waals surface area contributed by atoms with E-state index in [0.717, 1.165) is 25.0 Å². The molecule has 1 saturated heterocycles. The minimum atomic E-state index is -0.875. The molecule has 1 heterocycles. The lowest BCUT2D eigenvalue weighted by Gasteiger charge is -2.38. The second kappa shape index (κ2) is 5.15. The Balaban J connectivity index is 1.82. The van der Waals surface area contributed by atoms with Gasteiger partial charge in [0.15, 0.2) is 0 Å². The van der Waals surface area contributed by atoms with E-state index >= 15 is 0 Å². The van der Waals surface area contributed by atoms with Crippen LogP contribution >= 0.6 is 0 Å². The average Bonchev–Trinajstić information content (AvgIpc) is 2.73. The van der Waals surface area contributed by atoms with Crippen LogP contribution in [0, 0.1) is 5.92 Å².